The van der Waals surface area contributed by atoms with Gasteiger partial charge in [-0.1, -0.05) is 43.0 Å². The lowest BCUT2D eigenvalue weighted by molar-refractivity contribution is -0.384. The first-order chi connectivity index (χ1) is 11.4. The predicted octanol–water partition coefficient (Wildman–Crippen LogP) is 2.75. The molecule has 1 amide bonds. The average Bonchev–Trinajstić information content (AvgIpc) is 2.80. The number of benzene rings is 1. The number of nitrogens with zero attached hydrogens (tertiary/aromatic N) is 2. The summed E-state index contributed by atoms with van der Waals surface area (Å²) >= 11 is 6.17. The molecule has 0 radical (unpaired) electrons. The van der Waals surface area contributed by atoms with Gasteiger partial charge >= 0.3 is 5.97 Å². The zero-order valence-corrected chi connectivity index (χ0v) is 14.4. The van der Waals surface area contributed by atoms with Crippen LogP contribution in [0.25, 0.3) is 6.08 Å². The number of carbonyl (C=O) groups excluding carboxylic acids is 2. The molecule has 1 aliphatic rings. The third-order valence-corrected chi connectivity index (χ3v) is 4.38. The van der Waals surface area contributed by atoms with Crippen molar-refractivity contribution in [3.8, 4) is 0 Å². The van der Waals surface area contributed by atoms with E-state index in [4.69, 9.17) is 17.0 Å². The average molecular weight is 366 g/mol. The zero-order chi connectivity index (χ0) is 17.7. The van der Waals surface area contributed by atoms with E-state index in [1.54, 1.807) is 6.07 Å². The highest BCUT2D eigenvalue weighted by Gasteiger charge is 2.33. The van der Waals surface area contributed by atoms with Gasteiger partial charge < -0.3 is 4.74 Å². The Bertz CT molecular complexity index is 732. The van der Waals surface area contributed by atoms with Gasteiger partial charge in [-0.3, -0.25) is 24.6 Å². The molecule has 9 heteroatoms. The number of nitro benzene ring substituents is 1. The maximum Gasteiger partial charge on any atom is 0.326 e. The fraction of sp³-hybridized carbons (Fsp3) is 0.267. The van der Waals surface area contributed by atoms with Crippen LogP contribution in [0, 0.1) is 10.1 Å². The van der Waals surface area contributed by atoms with E-state index in [1.807, 2.05) is 6.92 Å². The third-order valence-electron chi connectivity index (χ3n) is 3.01. The zero-order valence-electron chi connectivity index (χ0n) is 12.8. The lowest BCUT2D eigenvalue weighted by atomic mass is 10.2. The van der Waals surface area contributed by atoms with E-state index in [1.165, 1.54) is 29.2 Å². The molecule has 0 aromatic heterocycles. The van der Waals surface area contributed by atoms with Gasteiger partial charge in [0.05, 0.1) is 16.4 Å². The molecule has 0 bridgehead atoms. The molecule has 0 spiro atoms. The Hall–Kier alpha value is -2.26. The molecule has 7 nitrogen and oxygen atoms in total. The lowest BCUT2D eigenvalue weighted by Crippen LogP contribution is -2.34. The topological polar surface area (TPSA) is 89.8 Å². The number of amides is 1. The summed E-state index contributed by atoms with van der Waals surface area (Å²) in [6, 6.07) is 5.91. The number of esters is 1. The number of rotatable bonds is 6. The van der Waals surface area contributed by atoms with Gasteiger partial charge in [-0.25, -0.2) is 0 Å². The molecular formula is C15H14N2O5S2. The van der Waals surface area contributed by atoms with Gasteiger partial charge in [-0.15, -0.1) is 0 Å². The number of nitro groups is 1. The van der Waals surface area contributed by atoms with Gasteiger partial charge in [-0.05, 0) is 18.1 Å². The van der Waals surface area contributed by atoms with Crippen LogP contribution in [-0.4, -0.2) is 39.2 Å². The summed E-state index contributed by atoms with van der Waals surface area (Å²) in [5.41, 5.74) is 0.445. The third kappa shape index (κ3) is 4.39. The molecule has 1 aliphatic heterocycles. The van der Waals surface area contributed by atoms with Crippen molar-refractivity contribution in [2.24, 2.45) is 0 Å². The maximum atomic E-state index is 12.4. The highest BCUT2D eigenvalue weighted by molar-refractivity contribution is 8.26. The Labute approximate surface area is 147 Å². The first-order valence-electron chi connectivity index (χ1n) is 7.07. The van der Waals surface area contributed by atoms with Crippen molar-refractivity contribution in [3.05, 3.63) is 44.8 Å². The minimum absolute atomic E-state index is 0.0672. The van der Waals surface area contributed by atoms with Crippen LogP contribution >= 0.6 is 24.0 Å². The van der Waals surface area contributed by atoms with Crippen LogP contribution in [0.2, 0.25) is 0 Å². The molecule has 0 aliphatic carbocycles. The van der Waals surface area contributed by atoms with Gasteiger partial charge in [0.1, 0.15) is 10.9 Å². The number of carbonyl (C=O) groups is 2. The molecule has 126 valence electrons. The molecule has 24 heavy (non-hydrogen) atoms. The number of thiocarbonyl (C=S) groups is 1. The van der Waals surface area contributed by atoms with Gasteiger partial charge in [-0.2, -0.15) is 0 Å². The minimum Gasteiger partial charge on any atom is -0.464 e. The second kappa shape index (κ2) is 8.02. The van der Waals surface area contributed by atoms with E-state index in [0.717, 1.165) is 11.8 Å². The van der Waals surface area contributed by atoms with E-state index in [0.29, 0.717) is 16.9 Å². The Kier molecular flexibility index (Phi) is 6.04. The Balaban J connectivity index is 2.14. The minimum atomic E-state index is -0.523. The first-order valence-corrected chi connectivity index (χ1v) is 8.30. The molecule has 0 saturated carbocycles. The standard InChI is InChI=1S/C15H14N2O5S2/c1-2-6-22-13(18)9-16-14(19)12(24-15(16)23)8-10-4-3-5-11(7-10)17(20)21/h3-5,7-8H,2,6,9H2,1H3/b12-8-. The SMILES string of the molecule is CCCOC(=O)CN1C(=O)/C(=C/c2cccc([N+](=O)[O-])c2)SC1=S. The van der Waals surface area contributed by atoms with E-state index < -0.39 is 16.8 Å². The molecular weight excluding hydrogens is 352 g/mol. The van der Waals surface area contributed by atoms with Crippen LogP contribution in [0.15, 0.2) is 29.2 Å². The van der Waals surface area contributed by atoms with Crippen LogP contribution in [0.1, 0.15) is 18.9 Å². The Morgan fingerprint density at radius 1 is 1.50 bits per heavy atom. The van der Waals surface area contributed by atoms with Crippen LogP contribution in [0.5, 0.6) is 0 Å². The predicted molar refractivity (Wildman–Crippen MR) is 94.2 cm³/mol. The summed E-state index contributed by atoms with van der Waals surface area (Å²) in [6.45, 7) is 1.92. The summed E-state index contributed by atoms with van der Waals surface area (Å²) in [6.07, 6.45) is 2.21. The number of thioether (sulfide) groups is 1. The van der Waals surface area contributed by atoms with Gasteiger partial charge in [0, 0.05) is 12.1 Å². The van der Waals surface area contributed by atoms with Gasteiger partial charge in [0.2, 0.25) is 0 Å². The fourth-order valence-corrected chi connectivity index (χ4v) is 3.16. The van der Waals surface area contributed by atoms with Crippen LogP contribution < -0.4 is 0 Å². The monoisotopic (exact) mass is 366 g/mol. The highest BCUT2D eigenvalue weighted by Crippen LogP contribution is 2.32. The normalized spacial score (nSPS) is 15.9. The smallest absolute Gasteiger partial charge is 0.326 e. The largest absolute Gasteiger partial charge is 0.464 e. The lowest BCUT2D eigenvalue weighted by Gasteiger charge is -2.13. The molecule has 1 aromatic carbocycles. The quantitative estimate of drug-likeness (QED) is 0.251. The first kappa shape index (κ1) is 18.1. The van der Waals surface area contributed by atoms with Crippen molar-refractivity contribution < 1.29 is 19.2 Å². The van der Waals surface area contributed by atoms with Gasteiger partial charge in [0.15, 0.2) is 0 Å². The molecule has 1 fully saturated rings. The number of hydrogen-bond donors (Lipinski definition) is 0. The van der Waals surface area contributed by atoms with Crippen LogP contribution in [-0.2, 0) is 14.3 Å². The number of non-ortho nitro benzene ring substituents is 1. The van der Waals surface area contributed by atoms with Gasteiger partial charge in [0.25, 0.3) is 11.6 Å². The molecule has 1 aromatic rings. The Morgan fingerprint density at radius 2 is 2.25 bits per heavy atom. The second-order valence-corrected chi connectivity index (χ2v) is 6.52. The van der Waals surface area contributed by atoms with Crippen LogP contribution in [0.3, 0.4) is 0 Å². The summed E-state index contributed by atoms with van der Waals surface area (Å²) in [4.78, 5) is 35.8. The van der Waals surface area contributed by atoms with Crippen molar-refractivity contribution in [3.63, 3.8) is 0 Å². The Morgan fingerprint density at radius 3 is 2.92 bits per heavy atom. The summed E-state index contributed by atoms with van der Waals surface area (Å²) in [7, 11) is 0. The van der Waals surface area contributed by atoms with Crippen molar-refractivity contribution in [1.29, 1.82) is 0 Å². The van der Waals surface area contributed by atoms with E-state index >= 15 is 0 Å². The summed E-state index contributed by atoms with van der Waals surface area (Å²) in [5, 5.41) is 10.8. The summed E-state index contributed by atoms with van der Waals surface area (Å²) < 4.78 is 5.20. The second-order valence-electron chi connectivity index (χ2n) is 4.84. The van der Waals surface area contributed by atoms with E-state index in [-0.39, 0.29) is 23.2 Å². The molecule has 0 atom stereocenters. The molecule has 2 rings (SSSR count). The van der Waals surface area contributed by atoms with Crippen molar-refractivity contribution >= 4 is 51.9 Å². The van der Waals surface area contributed by atoms with Crippen molar-refractivity contribution in [1.82, 2.24) is 4.90 Å². The maximum absolute atomic E-state index is 12.4. The van der Waals surface area contributed by atoms with E-state index in [2.05, 4.69) is 0 Å². The molecule has 0 N–H and O–H groups in total. The molecule has 0 unspecified atom stereocenters. The highest BCUT2D eigenvalue weighted by atomic mass is 32.2. The fourth-order valence-electron chi connectivity index (χ4n) is 1.91. The summed E-state index contributed by atoms with van der Waals surface area (Å²) in [5.74, 6) is -0.935. The van der Waals surface area contributed by atoms with E-state index in [9.17, 15) is 19.7 Å². The van der Waals surface area contributed by atoms with Crippen molar-refractivity contribution in [2.45, 2.75) is 13.3 Å². The molecule has 1 heterocycles. The van der Waals surface area contributed by atoms with Crippen molar-refractivity contribution in [2.75, 3.05) is 13.2 Å². The number of ether oxygens (including phenoxy) is 1. The number of hydrogen-bond acceptors (Lipinski definition) is 7. The van der Waals surface area contributed by atoms with Crippen LogP contribution in [0.4, 0.5) is 5.69 Å². The molecule has 1 saturated heterocycles.